The van der Waals surface area contributed by atoms with Crippen LogP contribution in [-0.4, -0.2) is 5.78 Å². The molecule has 1 nitrogen and oxygen atoms in total. The Bertz CT molecular complexity index is 363. The lowest BCUT2D eigenvalue weighted by Crippen LogP contribution is -1.77. The third-order valence-electron chi connectivity index (χ3n) is 1.39. The van der Waals surface area contributed by atoms with Gasteiger partial charge in [0.25, 0.3) is 0 Å². The van der Waals surface area contributed by atoms with Crippen LogP contribution in [0.2, 0.25) is 0 Å². The Balaban J connectivity index is 2.64. The van der Waals surface area contributed by atoms with Crippen LogP contribution in [0, 0.1) is 11.8 Å². The van der Waals surface area contributed by atoms with Gasteiger partial charge >= 0.3 is 0 Å². The standard InChI is InChI=1S/C12H10O/c1-11(13)7-5-6-10-12-8-3-2-4-9-12/h2-5,7-9H,1H3/b7-5+. The molecule has 1 rings (SSSR count). The van der Waals surface area contributed by atoms with Crippen molar-refractivity contribution in [3.63, 3.8) is 0 Å². The zero-order chi connectivity index (χ0) is 9.52. The fourth-order valence-corrected chi connectivity index (χ4v) is 0.806. The Kier molecular flexibility index (Phi) is 3.53. The molecule has 0 spiro atoms. The zero-order valence-corrected chi connectivity index (χ0v) is 7.45. The average Bonchev–Trinajstić information content (AvgIpc) is 2.14. The number of carbonyl (C=O) groups excluding carboxylic acids is 1. The van der Waals surface area contributed by atoms with Crippen molar-refractivity contribution < 1.29 is 4.79 Å². The lowest BCUT2D eigenvalue weighted by Gasteiger charge is -1.84. The maximum Gasteiger partial charge on any atom is 0.153 e. The van der Waals surface area contributed by atoms with Gasteiger partial charge in [-0.1, -0.05) is 30.0 Å². The summed E-state index contributed by atoms with van der Waals surface area (Å²) in [7, 11) is 0. The number of allylic oxidation sites excluding steroid dienone is 2. The molecule has 0 unspecified atom stereocenters. The topological polar surface area (TPSA) is 17.1 Å². The van der Waals surface area contributed by atoms with Gasteiger partial charge in [-0.2, -0.15) is 0 Å². The molecule has 0 saturated heterocycles. The van der Waals surface area contributed by atoms with Crippen molar-refractivity contribution in [1.82, 2.24) is 0 Å². The molecule has 0 fully saturated rings. The minimum atomic E-state index is 0.0161. The van der Waals surface area contributed by atoms with Gasteiger partial charge in [-0.25, -0.2) is 0 Å². The molecule has 0 N–H and O–H groups in total. The monoisotopic (exact) mass is 170 g/mol. The van der Waals surface area contributed by atoms with Crippen molar-refractivity contribution in [3.8, 4) is 11.8 Å². The van der Waals surface area contributed by atoms with Crippen LogP contribution >= 0.6 is 0 Å². The molecule has 0 aliphatic rings. The van der Waals surface area contributed by atoms with Gasteiger partial charge in [-0.05, 0) is 31.2 Å². The van der Waals surface area contributed by atoms with E-state index < -0.39 is 0 Å². The molecule has 0 aliphatic carbocycles. The van der Waals surface area contributed by atoms with Crippen molar-refractivity contribution in [2.24, 2.45) is 0 Å². The third-order valence-corrected chi connectivity index (χ3v) is 1.39. The fourth-order valence-electron chi connectivity index (χ4n) is 0.806. The van der Waals surface area contributed by atoms with E-state index in [0.717, 1.165) is 5.56 Å². The molecule has 1 aromatic carbocycles. The first-order valence-corrected chi connectivity index (χ1v) is 4.03. The molecule has 64 valence electrons. The second kappa shape index (κ2) is 4.95. The van der Waals surface area contributed by atoms with Gasteiger partial charge in [0, 0.05) is 5.56 Å². The van der Waals surface area contributed by atoms with Crippen LogP contribution in [0.1, 0.15) is 12.5 Å². The molecule has 13 heavy (non-hydrogen) atoms. The Hall–Kier alpha value is -1.81. The largest absolute Gasteiger partial charge is 0.295 e. The summed E-state index contributed by atoms with van der Waals surface area (Å²) >= 11 is 0. The van der Waals surface area contributed by atoms with Crippen molar-refractivity contribution in [1.29, 1.82) is 0 Å². The molecule has 0 heterocycles. The first-order chi connectivity index (χ1) is 6.29. The van der Waals surface area contributed by atoms with Crippen LogP contribution in [0.25, 0.3) is 0 Å². The molecule has 0 amide bonds. The van der Waals surface area contributed by atoms with Gasteiger partial charge in [0.05, 0.1) is 0 Å². The van der Waals surface area contributed by atoms with E-state index in [4.69, 9.17) is 0 Å². The molecule has 1 heteroatoms. The summed E-state index contributed by atoms with van der Waals surface area (Å²) in [5, 5.41) is 0. The van der Waals surface area contributed by atoms with E-state index in [1.54, 1.807) is 6.08 Å². The van der Waals surface area contributed by atoms with Crippen molar-refractivity contribution in [3.05, 3.63) is 48.0 Å². The van der Waals surface area contributed by atoms with E-state index in [0.29, 0.717) is 0 Å². The molecule has 0 atom stereocenters. The number of hydrogen-bond donors (Lipinski definition) is 0. The lowest BCUT2D eigenvalue weighted by molar-refractivity contribution is -0.112. The first kappa shape index (κ1) is 9.28. The highest BCUT2D eigenvalue weighted by Gasteiger charge is 1.80. The summed E-state index contributed by atoms with van der Waals surface area (Å²) in [6.07, 6.45) is 3.02. The van der Waals surface area contributed by atoms with Crippen LogP contribution in [0.4, 0.5) is 0 Å². The lowest BCUT2D eigenvalue weighted by atomic mass is 10.2. The Morgan fingerprint density at radius 3 is 2.62 bits per heavy atom. The third kappa shape index (κ3) is 3.93. The van der Waals surface area contributed by atoms with E-state index in [1.165, 1.54) is 13.0 Å². The van der Waals surface area contributed by atoms with E-state index >= 15 is 0 Å². The molecule has 1 aromatic rings. The Labute approximate surface area is 78.1 Å². The van der Waals surface area contributed by atoms with Gasteiger partial charge in [-0.3, -0.25) is 4.79 Å². The minimum absolute atomic E-state index is 0.0161. The predicted molar refractivity (Wildman–Crippen MR) is 53.1 cm³/mol. The van der Waals surface area contributed by atoms with E-state index in [-0.39, 0.29) is 5.78 Å². The molecular weight excluding hydrogens is 160 g/mol. The number of benzene rings is 1. The van der Waals surface area contributed by atoms with Gasteiger partial charge in [0.1, 0.15) is 0 Å². The van der Waals surface area contributed by atoms with Gasteiger partial charge < -0.3 is 0 Å². The average molecular weight is 170 g/mol. The Morgan fingerprint density at radius 2 is 2.00 bits per heavy atom. The summed E-state index contributed by atoms with van der Waals surface area (Å²) < 4.78 is 0. The second-order valence-electron chi connectivity index (χ2n) is 2.58. The van der Waals surface area contributed by atoms with Gasteiger partial charge in [0.15, 0.2) is 5.78 Å². The molecule has 0 saturated carbocycles. The highest BCUT2D eigenvalue weighted by atomic mass is 16.1. The molecule has 0 aliphatic heterocycles. The summed E-state index contributed by atoms with van der Waals surface area (Å²) in [6.45, 7) is 1.50. The quantitative estimate of drug-likeness (QED) is 0.466. The summed E-state index contributed by atoms with van der Waals surface area (Å²) in [5.41, 5.74) is 0.954. The first-order valence-electron chi connectivity index (χ1n) is 4.03. The number of rotatable bonds is 1. The van der Waals surface area contributed by atoms with Crippen LogP contribution in [0.15, 0.2) is 42.5 Å². The van der Waals surface area contributed by atoms with Crippen LogP contribution < -0.4 is 0 Å². The van der Waals surface area contributed by atoms with Gasteiger partial charge in [-0.15, -0.1) is 0 Å². The molecule has 0 radical (unpaired) electrons. The van der Waals surface area contributed by atoms with Crippen molar-refractivity contribution in [2.75, 3.05) is 0 Å². The second-order valence-corrected chi connectivity index (χ2v) is 2.58. The molecule has 0 aromatic heterocycles. The van der Waals surface area contributed by atoms with Gasteiger partial charge in [0.2, 0.25) is 0 Å². The summed E-state index contributed by atoms with van der Waals surface area (Å²) in [5.74, 6) is 5.71. The number of hydrogen-bond acceptors (Lipinski definition) is 1. The maximum absolute atomic E-state index is 10.5. The van der Waals surface area contributed by atoms with E-state index in [1.807, 2.05) is 30.3 Å². The van der Waals surface area contributed by atoms with Crippen molar-refractivity contribution >= 4 is 5.78 Å². The van der Waals surface area contributed by atoms with Crippen LogP contribution in [-0.2, 0) is 4.79 Å². The summed E-state index contributed by atoms with van der Waals surface area (Å²) in [6, 6.07) is 9.65. The SMILES string of the molecule is CC(=O)/C=C/C#Cc1ccccc1. The van der Waals surface area contributed by atoms with E-state index in [2.05, 4.69) is 11.8 Å². The van der Waals surface area contributed by atoms with Crippen molar-refractivity contribution in [2.45, 2.75) is 6.92 Å². The van der Waals surface area contributed by atoms with E-state index in [9.17, 15) is 4.79 Å². The maximum atomic E-state index is 10.5. The minimum Gasteiger partial charge on any atom is -0.295 e. The highest BCUT2D eigenvalue weighted by Crippen LogP contribution is 1.94. The number of carbonyl (C=O) groups is 1. The molecular formula is C12H10O. The van der Waals surface area contributed by atoms with Crippen LogP contribution in [0.5, 0.6) is 0 Å². The predicted octanol–water partition coefficient (Wildman–Crippen LogP) is 2.18. The Morgan fingerprint density at radius 1 is 1.31 bits per heavy atom. The molecule has 0 bridgehead atoms. The number of ketones is 1. The highest BCUT2D eigenvalue weighted by molar-refractivity contribution is 5.87. The normalized spacial score (nSPS) is 9.31. The zero-order valence-electron chi connectivity index (χ0n) is 7.45. The van der Waals surface area contributed by atoms with Crippen LogP contribution in [0.3, 0.4) is 0 Å². The summed E-state index contributed by atoms with van der Waals surface area (Å²) in [4.78, 5) is 10.5. The fraction of sp³-hybridized carbons (Fsp3) is 0.0833. The smallest absolute Gasteiger partial charge is 0.153 e.